The van der Waals surface area contributed by atoms with Crippen molar-refractivity contribution in [2.75, 3.05) is 0 Å². The van der Waals surface area contributed by atoms with Crippen molar-refractivity contribution in [3.05, 3.63) is 30.7 Å². The average molecular weight is 145 g/mol. The van der Waals surface area contributed by atoms with Crippen molar-refractivity contribution in [2.45, 2.75) is 0 Å². The lowest BCUT2D eigenvalue weighted by molar-refractivity contribution is 0.360. The summed E-state index contributed by atoms with van der Waals surface area (Å²) >= 11 is 0. The first-order chi connectivity index (χ1) is 5.38. The van der Waals surface area contributed by atoms with Crippen LogP contribution in [-0.4, -0.2) is 9.97 Å². The smallest absolute Gasteiger partial charge is 0.189 e. The van der Waals surface area contributed by atoms with Crippen LogP contribution < -0.4 is 0 Å². The molecule has 0 unspecified atom stereocenters. The van der Waals surface area contributed by atoms with E-state index < -0.39 is 0 Å². The largest absolute Gasteiger partial charge is 0.289 e. The van der Waals surface area contributed by atoms with E-state index in [2.05, 4.69) is 9.97 Å². The van der Waals surface area contributed by atoms with Gasteiger partial charge in [-0.25, -0.2) is 0 Å². The molecular weight excluding hydrogens is 140 g/mol. The van der Waals surface area contributed by atoms with Crippen molar-refractivity contribution in [1.82, 2.24) is 9.97 Å². The quantitative estimate of drug-likeness (QED) is 0.567. The molecule has 0 saturated carbocycles. The standard InChI is InChI=1S/C8H5N2O/c11-8-2-4-10-7-5-9-3-1-6(7)8/h1-5H. The van der Waals surface area contributed by atoms with Crippen LogP contribution in [0.25, 0.3) is 10.9 Å². The van der Waals surface area contributed by atoms with E-state index in [4.69, 9.17) is 0 Å². The first-order valence-corrected chi connectivity index (χ1v) is 3.24. The summed E-state index contributed by atoms with van der Waals surface area (Å²) in [6, 6.07) is 3.12. The predicted octanol–water partition coefficient (Wildman–Crippen LogP) is 1.77. The summed E-state index contributed by atoms with van der Waals surface area (Å²) < 4.78 is 0. The molecule has 0 aromatic carbocycles. The first kappa shape index (κ1) is 6.09. The van der Waals surface area contributed by atoms with Crippen LogP contribution in [0.4, 0.5) is 0 Å². The van der Waals surface area contributed by atoms with E-state index in [0.29, 0.717) is 10.9 Å². The minimum atomic E-state index is -0.00241. The molecule has 0 aliphatic rings. The van der Waals surface area contributed by atoms with Crippen molar-refractivity contribution >= 4 is 10.9 Å². The molecule has 3 heteroatoms. The Hall–Kier alpha value is -1.64. The maximum Gasteiger partial charge on any atom is 0.189 e. The topological polar surface area (TPSA) is 45.7 Å². The third-order valence-corrected chi connectivity index (χ3v) is 1.51. The molecule has 1 radical (unpaired) electrons. The number of aromatic nitrogens is 2. The highest BCUT2D eigenvalue weighted by molar-refractivity contribution is 5.83. The molecule has 0 fully saturated rings. The SMILES string of the molecule is [O]c1ccnc2cnccc12. The minimum absolute atomic E-state index is 0.00241. The fraction of sp³-hybridized carbons (Fsp3) is 0. The third-order valence-electron chi connectivity index (χ3n) is 1.51. The highest BCUT2D eigenvalue weighted by Crippen LogP contribution is 2.20. The molecule has 2 aromatic rings. The summed E-state index contributed by atoms with van der Waals surface area (Å²) in [6.07, 6.45) is 4.66. The Morgan fingerprint density at radius 2 is 2.09 bits per heavy atom. The van der Waals surface area contributed by atoms with Crippen LogP contribution in [-0.2, 0) is 5.11 Å². The van der Waals surface area contributed by atoms with Crippen LogP contribution >= 0.6 is 0 Å². The first-order valence-electron chi connectivity index (χ1n) is 3.24. The van der Waals surface area contributed by atoms with Crippen LogP contribution in [0.3, 0.4) is 0 Å². The van der Waals surface area contributed by atoms with Crippen molar-refractivity contribution in [1.29, 1.82) is 0 Å². The Balaban J connectivity index is 2.91. The molecule has 0 spiro atoms. The second-order valence-corrected chi connectivity index (χ2v) is 2.20. The second-order valence-electron chi connectivity index (χ2n) is 2.20. The van der Waals surface area contributed by atoms with Gasteiger partial charge in [0.1, 0.15) is 0 Å². The Kier molecular flexibility index (Phi) is 1.22. The van der Waals surface area contributed by atoms with Gasteiger partial charge in [-0.3, -0.25) is 15.1 Å². The van der Waals surface area contributed by atoms with Gasteiger partial charge in [-0.05, 0) is 6.07 Å². The second kappa shape index (κ2) is 2.20. The van der Waals surface area contributed by atoms with Gasteiger partial charge in [-0.2, -0.15) is 0 Å². The highest BCUT2D eigenvalue weighted by atomic mass is 16.3. The van der Waals surface area contributed by atoms with Gasteiger partial charge in [0.25, 0.3) is 0 Å². The number of fused-ring (bicyclic) bond motifs is 1. The Labute approximate surface area is 63.3 Å². The molecule has 0 saturated heterocycles. The summed E-state index contributed by atoms with van der Waals surface area (Å²) in [6.45, 7) is 0. The number of hydrogen-bond donors (Lipinski definition) is 0. The van der Waals surface area contributed by atoms with Crippen molar-refractivity contribution in [3.8, 4) is 5.75 Å². The number of pyridine rings is 2. The predicted molar refractivity (Wildman–Crippen MR) is 39.7 cm³/mol. The molecule has 2 aromatic heterocycles. The van der Waals surface area contributed by atoms with Crippen molar-refractivity contribution < 1.29 is 5.11 Å². The summed E-state index contributed by atoms with van der Waals surface area (Å²) in [5, 5.41) is 11.7. The summed E-state index contributed by atoms with van der Waals surface area (Å²) in [7, 11) is 0. The third kappa shape index (κ3) is 0.902. The molecule has 0 atom stereocenters. The molecule has 0 amide bonds. The van der Waals surface area contributed by atoms with E-state index >= 15 is 0 Å². The minimum Gasteiger partial charge on any atom is -0.289 e. The van der Waals surface area contributed by atoms with Crippen LogP contribution in [0.15, 0.2) is 30.7 Å². The van der Waals surface area contributed by atoms with E-state index in [-0.39, 0.29) is 5.75 Å². The zero-order chi connectivity index (χ0) is 7.68. The molecule has 0 aliphatic carbocycles. The van der Waals surface area contributed by atoms with Crippen molar-refractivity contribution in [2.24, 2.45) is 0 Å². The summed E-state index contributed by atoms with van der Waals surface area (Å²) in [5.74, 6) is -0.00241. The highest BCUT2D eigenvalue weighted by Gasteiger charge is 1.98. The number of rotatable bonds is 0. The summed E-state index contributed by atoms with van der Waals surface area (Å²) in [5.41, 5.74) is 0.653. The van der Waals surface area contributed by atoms with Gasteiger partial charge >= 0.3 is 0 Å². The molecule has 53 valence electrons. The van der Waals surface area contributed by atoms with E-state index in [0.717, 1.165) is 0 Å². The van der Waals surface area contributed by atoms with Gasteiger partial charge in [0.15, 0.2) is 5.75 Å². The molecule has 0 bridgehead atoms. The molecular formula is C8H5N2O. The van der Waals surface area contributed by atoms with E-state index in [1.165, 1.54) is 12.3 Å². The molecule has 0 aliphatic heterocycles. The maximum atomic E-state index is 11.1. The van der Waals surface area contributed by atoms with Gasteiger partial charge in [0.2, 0.25) is 0 Å². The van der Waals surface area contributed by atoms with Gasteiger partial charge in [0, 0.05) is 18.5 Å². The molecule has 0 N–H and O–H groups in total. The van der Waals surface area contributed by atoms with Gasteiger partial charge in [0.05, 0.1) is 17.1 Å². The lowest BCUT2D eigenvalue weighted by atomic mass is 10.2. The van der Waals surface area contributed by atoms with E-state index in [1.807, 2.05) is 0 Å². The molecule has 3 nitrogen and oxygen atoms in total. The lowest BCUT2D eigenvalue weighted by Gasteiger charge is -1.93. The zero-order valence-corrected chi connectivity index (χ0v) is 5.69. The zero-order valence-electron chi connectivity index (χ0n) is 5.69. The monoisotopic (exact) mass is 145 g/mol. The Bertz CT molecular complexity index is 381. The maximum absolute atomic E-state index is 11.1. The van der Waals surface area contributed by atoms with E-state index in [1.54, 1.807) is 18.5 Å². The molecule has 2 heterocycles. The van der Waals surface area contributed by atoms with Crippen LogP contribution in [0.5, 0.6) is 5.75 Å². The van der Waals surface area contributed by atoms with Gasteiger partial charge < -0.3 is 0 Å². The fourth-order valence-corrected chi connectivity index (χ4v) is 0.972. The Morgan fingerprint density at radius 1 is 1.18 bits per heavy atom. The van der Waals surface area contributed by atoms with Crippen LogP contribution in [0, 0.1) is 0 Å². The Morgan fingerprint density at radius 3 is 2.91 bits per heavy atom. The normalized spacial score (nSPS) is 10.2. The van der Waals surface area contributed by atoms with Crippen molar-refractivity contribution in [3.63, 3.8) is 0 Å². The van der Waals surface area contributed by atoms with Crippen LogP contribution in [0.2, 0.25) is 0 Å². The van der Waals surface area contributed by atoms with Gasteiger partial charge in [-0.15, -0.1) is 0 Å². The average Bonchev–Trinajstić information content (AvgIpc) is 2.06. The van der Waals surface area contributed by atoms with Crippen LogP contribution in [0.1, 0.15) is 0 Å². The number of hydrogen-bond acceptors (Lipinski definition) is 2. The number of nitrogens with zero attached hydrogens (tertiary/aromatic N) is 2. The molecule has 11 heavy (non-hydrogen) atoms. The van der Waals surface area contributed by atoms with Gasteiger partial charge in [-0.1, -0.05) is 0 Å². The summed E-state index contributed by atoms with van der Waals surface area (Å²) in [4.78, 5) is 7.83. The lowest BCUT2D eigenvalue weighted by Crippen LogP contribution is -1.78. The fourth-order valence-electron chi connectivity index (χ4n) is 0.972. The molecule has 2 rings (SSSR count). The van der Waals surface area contributed by atoms with E-state index in [9.17, 15) is 5.11 Å².